The standard InChI is InChI=1S/C5H8N2/c1-2-7-4-3-6-5-7/h2-4,6H,1,5H2/p+1. The van der Waals surface area contributed by atoms with E-state index in [0.29, 0.717) is 0 Å². The van der Waals surface area contributed by atoms with Crippen molar-refractivity contribution in [3.8, 4) is 0 Å². The first-order valence-electron chi connectivity index (χ1n) is 2.32. The Morgan fingerprint density at radius 2 is 2.71 bits per heavy atom. The molecular weight excluding hydrogens is 88.1 g/mol. The molecule has 2 N–H and O–H groups in total. The van der Waals surface area contributed by atoms with Gasteiger partial charge in [-0.05, 0) is 0 Å². The topological polar surface area (TPSA) is 19.9 Å². The molecule has 0 fully saturated rings. The summed E-state index contributed by atoms with van der Waals surface area (Å²) in [4.78, 5) is 2.01. The lowest BCUT2D eigenvalue weighted by Gasteiger charge is -2.00. The molecule has 0 bridgehead atoms. The monoisotopic (exact) mass is 97.1 g/mol. The molecule has 0 spiro atoms. The van der Waals surface area contributed by atoms with Crippen LogP contribution in [-0.4, -0.2) is 11.6 Å². The van der Waals surface area contributed by atoms with E-state index in [1.54, 1.807) is 6.20 Å². The predicted molar refractivity (Wildman–Crippen MR) is 28.0 cm³/mol. The van der Waals surface area contributed by atoms with Crippen LogP contribution in [0.1, 0.15) is 0 Å². The van der Waals surface area contributed by atoms with Crippen LogP contribution in [0.5, 0.6) is 0 Å². The van der Waals surface area contributed by atoms with Crippen molar-refractivity contribution < 1.29 is 5.32 Å². The summed E-state index contributed by atoms with van der Waals surface area (Å²) in [6, 6.07) is 0. The van der Waals surface area contributed by atoms with Crippen molar-refractivity contribution >= 4 is 0 Å². The van der Waals surface area contributed by atoms with Crippen molar-refractivity contribution in [1.29, 1.82) is 0 Å². The summed E-state index contributed by atoms with van der Waals surface area (Å²) < 4.78 is 0. The molecule has 0 aromatic heterocycles. The maximum atomic E-state index is 3.60. The molecule has 0 aliphatic carbocycles. The van der Waals surface area contributed by atoms with Gasteiger partial charge in [-0.1, -0.05) is 6.58 Å². The van der Waals surface area contributed by atoms with Gasteiger partial charge in [-0.25, -0.2) is 0 Å². The quantitative estimate of drug-likeness (QED) is 0.465. The summed E-state index contributed by atoms with van der Waals surface area (Å²) in [7, 11) is 0. The van der Waals surface area contributed by atoms with Crippen LogP contribution in [-0.2, 0) is 0 Å². The van der Waals surface area contributed by atoms with Crippen LogP contribution < -0.4 is 5.32 Å². The molecule has 38 valence electrons. The Hall–Kier alpha value is -0.760. The summed E-state index contributed by atoms with van der Waals surface area (Å²) in [5.41, 5.74) is 0. The van der Waals surface area contributed by atoms with E-state index in [2.05, 4.69) is 11.9 Å². The van der Waals surface area contributed by atoms with Crippen molar-refractivity contribution in [2.45, 2.75) is 0 Å². The highest BCUT2D eigenvalue weighted by Crippen LogP contribution is 1.85. The first-order chi connectivity index (χ1) is 3.43. The molecule has 0 unspecified atom stereocenters. The number of rotatable bonds is 1. The Bertz CT molecular complexity index is 96.3. The zero-order valence-corrected chi connectivity index (χ0v) is 4.17. The van der Waals surface area contributed by atoms with E-state index in [1.165, 1.54) is 0 Å². The van der Waals surface area contributed by atoms with E-state index in [9.17, 15) is 0 Å². The number of quaternary nitrogens is 1. The van der Waals surface area contributed by atoms with Gasteiger partial charge in [0, 0.05) is 6.20 Å². The molecule has 2 heteroatoms. The Balaban J connectivity index is 2.42. The van der Waals surface area contributed by atoms with Crippen LogP contribution in [0.4, 0.5) is 0 Å². The molecule has 0 saturated carbocycles. The minimum absolute atomic E-state index is 0.990. The van der Waals surface area contributed by atoms with Crippen molar-refractivity contribution in [3.63, 3.8) is 0 Å². The lowest BCUT2D eigenvalue weighted by molar-refractivity contribution is -0.590. The summed E-state index contributed by atoms with van der Waals surface area (Å²) in [5.74, 6) is 0. The second-order valence-electron chi connectivity index (χ2n) is 1.46. The van der Waals surface area contributed by atoms with Crippen molar-refractivity contribution in [3.05, 3.63) is 25.2 Å². The molecule has 1 heterocycles. The van der Waals surface area contributed by atoms with Crippen LogP contribution in [0.25, 0.3) is 0 Å². The minimum atomic E-state index is 0.990. The van der Waals surface area contributed by atoms with Crippen LogP contribution in [0, 0.1) is 0 Å². The first-order valence-corrected chi connectivity index (χ1v) is 2.32. The predicted octanol–water partition coefficient (Wildman–Crippen LogP) is -0.562. The Kier molecular flexibility index (Phi) is 1.13. The largest absolute Gasteiger partial charge is 0.303 e. The van der Waals surface area contributed by atoms with Gasteiger partial charge in [0.05, 0.1) is 6.20 Å². The van der Waals surface area contributed by atoms with Gasteiger partial charge < -0.3 is 10.2 Å². The number of hydrogen-bond acceptors (Lipinski definition) is 1. The van der Waals surface area contributed by atoms with E-state index in [-0.39, 0.29) is 0 Å². The van der Waals surface area contributed by atoms with Crippen LogP contribution in [0.2, 0.25) is 0 Å². The molecule has 1 aliphatic heterocycles. The Morgan fingerprint density at radius 3 is 3.00 bits per heavy atom. The average molecular weight is 97.1 g/mol. The third-order valence-electron chi connectivity index (χ3n) is 0.964. The average Bonchev–Trinajstić information content (AvgIpc) is 2.14. The molecule has 0 radical (unpaired) electrons. The molecule has 1 rings (SSSR count). The number of nitrogens with two attached hydrogens (primary N) is 1. The van der Waals surface area contributed by atoms with E-state index in [0.717, 1.165) is 6.67 Å². The van der Waals surface area contributed by atoms with Crippen LogP contribution in [0.15, 0.2) is 25.2 Å². The molecule has 7 heavy (non-hydrogen) atoms. The zero-order valence-electron chi connectivity index (χ0n) is 4.17. The van der Waals surface area contributed by atoms with Gasteiger partial charge >= 0.3 is 0 Å². The normalized spacial score (nSPS) is 18.0. The SMILES string of the molecule is C=CN1C=C[NH2+]C1. The highest BCUT2D eigenvalue weighted by atomic mass is 15.2. The summed E-state index contributed by atoms with van der Waals surface area (Å²) >= 11 is 0. The number of nitrogens with zero attached hydrogens (tertiary/aromatic N) is 1. The van der Waals surface area contributed by atoms with Gasteiger partial charge in [-0.3, -0.25) is 0 Å². The van der Waals surface area contributed by atoms with Gasteiger partial charge in [-0.15, -0.1) is 0 Å². The van der Waals surface area contributed by atoms with Crippen LogP contribution >= 0.6 is 0 Å². The van der Waals surface area contributed by atoms with Gasteiger partial charge in [0.15, 0.2) is 6.67 Å². The fraction of sp³-hybridized carbons (Fsp3) is 0.200. The molecule has 1 aliphatic rings. The van der Waals surface area contributed by atoms with Crippen molar-refractivity contribution in [2.24, 2.45) is 0 Å². The maximum absolute atomic E-state index is 3.60. The highest BCUT2D eigenvalue weighted by molar-refractivity contribution is 4.83. The fourth-order valence-corrected chi connectivity index (χ4v) is 0.550. The molecule has 0 aromatic rings. The second kappa shape index (κ2) is 1.80. The molecule has 0 saturated heterocycles. The van der Waals surface area contributed by atoms with Gasteiger partial charge in [0.2, 0.25) is 0 Å². The lowest BCUT2D eigenvalue weighted by Crippen LogP contribution is -2.77. The molecular formula is C5H9N2+. The fourth-order valence-electron chi connectivity index (χ4n) is 0.550. The first kappa shape index (κ1) is 4.40. The lowest BCUT2D eigenvalue weighted by atomic mass is 10.8. The van der Waals surface area contributed by atoms with Gasteiger partial charge in [0.25, 0.3) is 0 Å². The van der Waals surface area contributed by atoms with Gasteiger partial charge in [0.1, 0.15) is 6.20 Å². The smallest absolute Gasteiger partial charge is 0.159 e. The van der Waals surface area contributed by atoms with E-state index >= 15 is 0 Å². The van der Waals surface area contributed by atoms with E-state index in [1.807, 2.05) is 17.3 Å². The van der Waals surface area contributed by atoms with Crippen molar-refractivity contribution in [1.82, 2.24) is 4.90 Å². The summed E-state index contributed by atoms with van der Waals surface area (Å²) in [5, 5.41) is 2.08. The molecule has 0 atom stereocenters. The molecule has 0 amide bonds. The van der Waals surface area contributed by atoms with E-state index < -0.39 is 0 Å². The Labute approximate surface area is 43.1 Å². The third kappa shape index (κ3) is 0.810. The van der Waals surface area contributed by atoms with E-state index in [4.69, 9.17) is 0 Å². The Morgan fingerprint density at radius 1 is 1.86 bits per heavy atom. The minimum Gasteiger partial charge on any atom is -0.303 e. The molecule has 2 nitrogen and oxygen atoms in total. The summed E-state index contributed by atoms with van der Waals surface area (Å²) in [6.45, 7) is 4.59. The highest BCUT2D eigenvalue weighted by Gasteiger charge is 1.98. The zero-order chi connectivity index (χ0) is 5.11. The number of hydrogen-bond donors (Lipinski definition) is 1. The third-order valence-corrected chi connectivity index (χ3v) is 0.964. The van der Waals surface area contributed by atoms with Gasteiger partial charge in [-0.2, -0.15) is 0 Å². The summed E-state index contributed by atoms with van der Waals surface area (Å²) in [6.07, 6.45) is 5.81. The van der Waals surface area contributed by atoms with Crippen molar-refractivity contribution in [2.75, 3.05) is 6.67 Å². The second-order valence-corrected chi connectivity index (χ2v) is 1.46. The van der Waals surface area contributed by atoms with Crippen LogP contribution in [0.3, 0.4) is 0 Å². The molecule has 0 aromatic carbocycles. The maximum Gasteiger partial charge on any atom is 0.159 e.